The topological polar surface area (TPSA) is 21.3 Å². The fourth-order valence-corrected chi connectivity index (χ4v) is 1.09. The molecule has 2 heteroatoms. The summed E-state index contributed by atoms with van der Waals surface area (Å²) < 4.78 is 5.74. The lowest BCUT2D eigenvalue weighted by Crippen LogP contribution is -2.30. The monoisotopic (exact) mass is 187 g/mol. The molecule has 0 rings (SSSR count). The molecule has 0 saturated heterocycles. The Hall–Kier alpha value is -0.0800. The number of hydrogen-bond donors (Lipinski definition) is 1. The van der Waals surface area contributed by atoms with E-state index in [1.165, 1.54) is 6.42 Å². The van der Waals surface area contributed by atoms with Crippen LogP contribution in [0.15, 0.2) is 0 Å². The first kappa shape index (κ1) is 12.9. The van der Waals surface area contributed by atoms with Crippen LogP contribution in [-0.2, 0) is 4.74 Å². The molecule has 0 bridgehead atoms. The summed E-state index contributed by atoms with van der Waals surface area (Å²) in [5.41, 5.74) is 0. The maximum Gasteiger partial charge on any atom is 0.0696 e. The van der Waals surface area contributed by atoms with Crippen LogP contribution in [0.4, 0.5) is 0 Å². The number of rotatable bonds is 8. The van der Waals surface area contributed by atoms with Gasteiger partial charge in [0.05, 0.1) is 6.10 Å². The van der Waals surface area contributed by atoms with E-state index >= 15 is 0 Å². The van der Waals surface area contributed by atoms with E-state index in [0.717, 1.165) is 26.1 Å². The van der Waals surface area contributed by atoms with Crippen LogP contribution in [0.3, 0.4) is 0 Å². The molecule has 0 saturated carbocycles. The van der Waals surface area contributed by atoms with Crippen molar-refractivity contribution in [3.8, 4) is 0 Å². The second kappa shape index (κ2) is 8.52. The molecule has 1 unspecified atom stereocenters. The summed E-state index contributed by atoms with van der Waals surface area (Å²) in [5, 5.41) is 3.38. The first-order chi connectivity index (χ1) is 6.20. The predicted octanol–water partition coefficient (Wildman–Crippen LogP) is 2.44. The number of nitrogens with one attached hydrogen (secondary N) is 1. The van der Waals surface area contributed by atoms with Gasteiger partial charge in [0.1, 0.15) is 0 Å². The molecular weight excluding hydrogens is 162 g/mol. The molecule has 80 valence electrons. The quantitative estimate of drug-likeness (QED) is 0.589. The van der Waals surface area contributed by atoms with Crippen LogP contribution < -0.4 is 5.32 Å². The van der Waals surface area contributed by atoms with E-state index in [2.05, 4.69) is 33.0 Å². The van der Waals surface area contributed by atoms with Crippen molar-refractivity contribution >= 4 is 0 Å². The molecule has 0 aromatic carbocycles. The molecule has 0 heterocycles. The van der Waals surface area contributed by atoms with Gasteiger partial charge in [0.15, 0.2) is 0 Å². The van der Waals surface area contributed by atoms with Crippen LogP contribution in [0.2, 0.25) is 0 Å². The van der Waals surface area contributed by atoms with Crippen LogP contribution in [0.25, 0.3) is 0 Å². The largest absolute Gasteiger partial charge is 0.377 e. The minimum atomic E-state index is 0.397. The SMILES string of the molecule is CCCNCC(CC)OCC(C)C. The zero-order valence-electron chi connectivity index (χ0n) is 9.60. The van der Waals surface area contributed by atoms with Gasteiger partial charge in [0.25, 0.3) is 0 Å². The standard InChI is InChI=1S/C11H25NO/c1-5-7-12-8-11(6-2)13-9-10(3)4/h10-12H,5-9H2,1-4H3. The lowest BCUT2D eigenvalue weighted by Gasteiger charge is -2.17. The molecule has 1 atom stereocenters. The summed E-state index contributed by atoms with van der Waals surface area (Å²) in [6.07, 6.45) is 2.69. The lowest BCUT2D eigenvalue weighted by molar-refractivity contribution is 0.0341. The van der Waals surface area contributed by atoms with Crippen molar-refractivity contribution in [2.75, 3.05) is 19.7 Å². The van der Waals surface area contributed by atoms with Gasteiger partial charge in [0.2, 0.25) is 0 Å². The zero-order chi connectivity index (χ0) is 10.1. The van der Waals surface area contributed by atoms with Crippen molar-refractivity contribution in [1.82, 2.24) is 5.32 Å². The summed E-state index contributed by atoms with van der Waals surface area (Å²) in [4.78, 5) is 0. The van der Waals surface area contributed by atoms with Crippen LogP contribution in [0.5, 0.6) is 0 Å². The second-order valence-electron chi connectivity index (χ2n) is 3.96. The van der Waals surface area contributed by atoms with Gasteiger partial charge in [-0.3, -0.25) is 0 Å². The minimum Gasteiger partial charge on any atom is -0.377 e. The Morgan fingerprint density at radius 1 is 1.23 bits per heavy atom. The van der Waals surface area contributed by atoms with Gasteiger partial charge < -0.3 is 10.1 Å². The fraction of sp³-hybridized carbons (Fsp3) is 1.00. The second-order valence-corrected chi connectivity index (χ2v) is 3.96. The Morgan fingerprint density at radius 2 is 1.92 bits per heavy atom. The zero-order valence-corrected chi connectivity index (χ0v) is 9.60. The van der Waals surface area contributed by atoms with Crippen molar-refractivity contribution < 1.29 is 4.74 Å². The Morgan fingerprint density at radius 3 is 2.38 bits per heavy atom. The molecule has 0 radical (unpaired) electrons. The average Bonchev–Trinajstić information content (AvgIpc) is 2.10. The van der Waals surface area contributed by atoms with E-state index in [-0.39, 0.29) is 0 Å². The van der Waals surface area contributed by atoms with Crippen molar-refractivity contribution in [2.45, 2.75) is 46.6 Å². The van der Waals surface area contributed by atoms with Crippen molar-refractivity contribution in [3.63, 3.8) is 0 Å². The number of ether oxygens (including phenoxy) is 1. The van der Waals surface area contributed by atoms with E-state index in [0.29, 0.717) is 12.0 Å². The Balaban J connectivity index is 3.39. The summed E-state index contributed by atoms with van der Waals surface area (Å²) in [6.45, 7) is 11.7. The molecular formula is C11H25NO. The Kier molecular flexibility index (Phi) is 8.46. The summed E-state index contributed by atoms with van der Waals surface area (Å²) in [5.74, 6) is 0.639. The maximum atomic E-state index is 5.74. The molecule has 0 aliphatic carbocycles. The van der Waals surface area contributed by atoms with Gasteiger partial charge in [-0.2, -0.15) is 0 Å². The van der Waals surface area contributed by atoms with E-state index in [1.54, 1.807) is 0 Å². The summed E-state index contributed by atoms with van der Waals surface area (Å²) in [7, 11) is 0. The first-order valence-corrected chi connectivity index (χ1v) is 5.53. The van der Waals surface area contributed by atoms with E-state index in [1.807, 2.05) is 0 Å². The van der Waals surface area contributed by atoms with Crippen LogP contribution in [0.1, 0.15) is 40.5 Å². The third kappa shape index (κ3) is 8.26. The average molecular weight is 187 g/mol. The van der Waals surface area contributed by atoms with Crippen LogP contribution in [0, 0.1) is 5.92 Å². The fourth-order valence-electron chi connectivity index (χ4n) is 1.09. The molecule has 0 fully saturated rings. The summed E-state index contributed by atoms with van der Waals surface area (Å²) in [6, 6.07) is 0. The smallest absolute Gasteiger partial charge is 0.0696 e. The minimum absolute atomic E-state index is 0.397. The molecule has 2 nitrogen and oxygen atoms in total. The lowest BCUT2D eigenvalue weighted by atomic mass is 10.2. The highest BCUT2D eigenvalue weighted by Gasteiger charge is 2.06. The van der Waals surface area contributed by atoms with Gasteiger partial charge in [-0.05, 0) is 25.3 Å². The molecule has 0 aliphatic heterocycles. The highest BCUT2D eigenvalue weighted by molar-refractivity contribution is 4.59. The van der Waals surface area contributed by atoms with E-state index < -0.39 is 0 Å². The summed E-state index contributed by atoms with van der Waals surface area (Å²) >= 11 is 0. The molecule has 1 N–H and O–H groups in total. The third-order valence-corrected chi connectivity index (χ3v) is 1.92. The van der Waals surface area contributed by atoms with Gasteiger partial charge in [-0.1, -0.05) is 27.7 Å². The molecule has 0 amide bonds. The van der Waals surface area contributed by atoms with Crippen LogP contribution >= 0.6 is 0 Å². The molecule has 0 aromatic rings. The van der Waals surface area contributed by atoms with Crippen molar-refractivity contribution in [1.29, 1.82) is 0 Å². The first-order valence-electron chi connectivity index (χ1n) is 5.53. The van der Waals surface area contributed by atoms with Gasteiger partial charge in [-0.25, -0.2) is 0 Å². The van der Waals surface area contributed by atoms with Crippen molar-refractivity contribution in [2.24, 2.45) is 5.92 Å². The molecule has 0 aromatic heterocycles. The maximum absolute atomic E-state index is 5.74. The van der Waals surface area contributed by atoms with Crippen LogP contribution in [-0.4, -0.2) is 25.8 Å². The van der Waals surface area contributed by atoms with E-state index in [4.69, 9.17) is 4.74 Å². The van der Waals surface area contributed by atoms with Gasteiger partial charge in [-0.15, -0.1) is 0 Å². The van der Waals surface area contributed by atoms with Gasteiger partial charge in [0, 0.05) is 13.2 Å². The highest BCUT2D eigenvalue weighted by Crippen LogP contribution is 2.01. The van der Waals surface area contributed by atoms with E-state index in [9.17, 15) is 0 Å². The number of hydrogen-bond acceptors (Lipinski definition) is 2. The normalized spacial score (nSPS) is 13.6. The Labute approximate surface area is 83.1 Å². The van der Waals surface area contributed by atoms with Crippen molar-refractivity contribution in [3.05, 3.63) is 0 Å². The predicted molar refractivity (Wildman–Crippen MR) is 58.0 cm³/mol. The highest BCUT2D eigenvalue weighted by atomic mass is 16.5. The molecule has 13 heavy (non-hydrogen) atoms. The molecule has 0 spiro atoms. The third-order valence-electron chi connectivity index (χ3n) is 1.92. The molecule has 0 aliphatic rings. The van der Waals surface area contributed by atoms with Gasteiger partial charge >= 0.3 is 0 Å². The Bertz CT molecular complexity index is 104.